The van der Waals surface area contributed by atoms with Crippen LogP contribution in [0.25, 0.3) is 0 Å². The monoisotopic (exact) mass is 200 g/mol. The van der Waals surface area contributed by atoms with Crippen LogP contribution in [0.5, 0.6) is 0 Å². The number of ether oxygens (including phenoxy) is 1. The molecule has 0 aliphatic carbocycles. The zero-order valence-electron chi connectivity index (χ0n) is 9.25. The number of rotatable bonds is 3. The summed E-state index contributed by atoms with van der Waals surface area (Å²) in [7, 11) is 1.83. The molecular formula is C10H20N2O2. The fourth-order valence-corrected chi connectivity index (χ4v) is 1.40. The van der Waals surface area contributed by atoms with Crippen molar-refractivity contribution in [1.82, 2.24) is 10.2 Å². The summed E-state index contributed by atoms with van der Waals surface area (Å²) in [4.78, 5) is 13.4. The number of carbonyl (C=O) groups is 1. The summed E-state index contributed by atoms with van der Waals surface area (Å²) in [5.41, 5.74) is 0. The molecule has 2 amide bonds. The Morgan fingerprint density at radius 1 is 1.71 bits per heavy atom. The van der Waals surface area contributed by atoms with Crippen LogP contribution >= 0.6 is 0 Å². The van der Waals surface area contributed by atoms with E-state index in [9.17, 15) is 4.79 Å². The minimum absolute atomic E-state index is 0.00912. The number of hydrogen-bond donors (Lipinski definition) is 1. The Labute approximate surface area is 85.6 Å². The van der Waals surface area contributed by atoms with Gasteiger partial charge in [0.25, 0.3) is 0 Å². The number of carbonyl (C=O) groups excluding carboxylic acids is 1. The van der Waals surface area contributed by atoms with E-state index in [1.165, 1.54) is 0 Å². The van der Waals surface area contributed by atoms with Crippen LogP contribution in [-0.4, -0.2) is 43.3 Å². The molecule has 2 unspecified atom stereocenters. The molecule has 4 heteroatoms. The van der Waals surface area contributed by atoms with Gasteiger partial charge in [0, 0.05) is 19.7 Å². The van der Waals surface area contributed by atoms with Crippen molar-refractivity contribution in [3.8, 4) is 0 Å². The first-order chi connectivity index (χ1) is 6.65. The van der Waals surface area contributed by atoms with Crippen molar-refractivity contribution in [2.75, 3.05) is 20.3 Å². The van der Waals surface area contributed by atoms with Gasteiger partial charge in [-0.25, -0.2) is 4.79 Å². The highest BCUT2D eigenvalue weighted by Gasteiger charge is 2.21. The fourth-order valence-electron chi connectivity index (χ4n) is 1.40. The van der Waals surface area contributed by atoms with Crippen molar-refractivity contribution in [3.05, 3.63) is 0 Å². The van der Waals surface area contributed by atoms with Crippen LogP contribution < -0.4 is 5.32 Å². The highest BCUT2D eigenvalue weighted by molar-refractivity contribution is 5.74. The molecule has 1 aliphatic rings. The molecule has 14 heavy (non-hydrogen) atoms. The molecule has 0 aromatic heterocycles. The maximum atomic E-state index is 11.7. The molecule has 82 valence electrons. The molecule has 0 bridgehead atoms. The van der Waals surface area contributed by atoms with E-state index in [0.717, 1.165) is 19.4 Å². The van der Waals surface area contributed by atoms with Gasteiger partial charge in [0.1, 0.15) is 0 Å². The normalized spacial score (nSPS) is 23.2. The molecule has 0 aromatic carbocycles. The second-order valence-electron chi connectivity index (χ2n) is 3.88. The van der Waals surface area contributed by atoms with Gasteiger partial charge in [-0.05, 0) is 19.8 Å². The first kappa shape index (κ1) is 11.3. The first-order valence-corrected chi connectivity index (χ1v) is 5.26. The Morgan fingerprint density at radius 3 is 2.93 bits per heavy atom. The molecule has 0 spiro atoms. The van der Waals surface area contributed by atoms with E-state index in [4.69, 9.17) is 4.74 Å². The summed E-state index contributed by atoms with van der Waals surface area (Å²) in [6.07, 6.45) is 1.91. The molecule has 1 heterocycles. The van der Waals surface area contributed by atoms with Crippen molar-refractivity contribution in [1.29, 1.82) is 0 Å². The molecule has 0 aromatic rings. The fraction of sp³-hybridized carbons (Fsp3) is 0.900. The maximum Gasteiger partial charge on any atom is 0.317 e. The van der Waals surface area contributed by atoms with Gasteiger partial charge in [0.2, 0.25) is 0 Å². The van der Waals surface area contributed by atoms with Crippen molar-refractivity contribution in [2.45, 2.75) is 38.8 Å². The lowest BCUT2D eigenvalue weighted by Gasteiger charge is -2.25. The van der Waals surface area contributed by atoms with Gasteiger partial charge >= 0.3 is 6.03 Å². The van der Waals surface area contributed by atoms with E-state index in [1.54, 1.807) is 4.90 Å². The summed E-state index contributed by atoms with van der Waals surface area (Å²) in [6.45, 7) is 5.54. The number of urea groups is 1. The lowest BCUT2D eigenvalue weighted by molar-refractivity contribution is 0.175. The molecule has 1 rings (SSSR count). The summed E-state index contributed by atoms with van der Waals surface area (Å²) in [5, 5.41) is 2.96. The Bertz CT molecular complexity index is 191. The summed E-state index contributed by atoms with van der Waals surface area (Å²) < 4.78 is 5.19. The van der Waals surface area contributed by atoms with Crippen LogP contribution in [0.3, 0.4) is 0 Å². The third-order valence-corrected chi connectivity index (χ3v) is 2.83. The molecular weight excluding hydrogens is 180 g/mol. The van der Waals surface area contributed by atoms with Crippen LogP contribution in [0, 0.1) is 0 Å². The smallest absolute Gasteiger partial charge is 0.317 e. The molecule has 2 atom stereocenters. The lowest BCUT2D eigenvalue weighted by Crippen LogP contribution is -2.46. The standard InChI is InChI=1S/C10H20N2O2/c1-4-8(2)12(3)10(13)11-9-5-6-14-7-9/h8-9H,4-7H2,1-3H3,(H,11,13). The molecule has 1 aliphatic heterocycles. The largest absolute Gasteiger partial charge is 0.379 e. The maximum absolute atomic E-state index is 11.7. The number of hydrogen-bond acceptors (Lipinski definition) is 2. The number of nitrogens with one attached hydrogen (secondary N) is 1. The van der Waals surface area contributed by atoms with E-state index in [-0.39, 0.29) is 18.1 Å². The summed E-state index contributed by atoms with van der Waals surface area (Å²) in [6, 6.07) is 0.501. The molecule has 1 saturated heterocycles. The topological polar surface area (TPSA) is 41.6 Å². The van der Waals surface area contributed by atoms with E-state index < -0.39 is 0 Å². The SMILES string of the molecule is CCC(C)N(C)C(=O)NC1CCOC1. The van der Waals surface area contributed by atoms with Crippen LogP contribution in [0.1, 0.15) is 26.7 Å². The second kappa shape index (κ2) is 5.20. The molecule has 0 radical (unpaired) electrons. The van der Waals surface area contributed by atoms with Gasteiger partial charge in [-0.1, -0.05) is 6.92 Å². The lowest BCUT2D eigenvalue weighted by atomic mass is 10.2. The minimum Gasteiger partial charge on any atom is -0.379 e. The number of amides is 2. The van der Waals surface area contributed by atoms with Gasteiger partial charge in [-0.15, -0.1) is 0 Å². The van der Waals surface area contributed by atoms with E-state index in [1.807, 2.05) is 14.0 Å². The van der Waals surface area contributed by atoms with Crippen molar-refractivity contribution in [3.63, 3.8) is 0 Å². The minimum atomic E-state index is 0.00912. The van der Waals surface area contributed by atoms with E-state index in [2.05, 4.69) is 12.2 Å². The Kier molecular flexibility index (Phi) is 4.20. The van der Waals surface area contributed by atoms with Crippen molar-refractivity contribution < 1.29 is 9.53 Å². The Hall–Kier alpha value is -0.770. The molecule has 1 fully saturated rings. The Morgan fingerprint density at radius 2 is 2.43 bits per heavy atom. The number of nitrogens with zero attached hydrogens (tertiary/aromatic N) is 1. The third-order valence-electron chi connectivity index (χ3n) is 2.83. The first-order valence-electron chi connectivity index (χ1n) is 5.26. The highest BCUT2D eigenvalue weighted by Crippen LogP contribution is 2.05. The summed E-state index contributed by atoms with van der Waals surface area (Å²) in [5.74, 6) is 0. The van der Waals surface area contributed by atoms with Gasteiger partial charge in [-0.3, -0.25) is 0 Å². The summed E-state index contributed by atoms with van der Waals surface area (Å²) >= 11 is 0. The zero-order chi connectivity index (χ0) is 10.6. The molecule has 4 nitrogen and oxygen atoms in total. The quantitative estimate of drug-likeness (QED) is 0.744. The predicted molar refractivity (Wildman–Crippen MR) is 55.3 cm³/mol. The van der Waals surface area contributed by atoms with Gasteiger partial charge < -0.3 is 15.0 Å². The van der Waals surface area contributed by atoms with Gasteiger partial charge in [0.15, 0.2) is 0 Å². The van der Waals surface area contributed by atoms with E-state index >= 15 is 0 Å². The van der Waals surface area contributed by atoms with Crippen LogP contribution in [0.2, 0.25) is 0 Å². The highest BCUT2D eigenvalue weighted by atomic mass is 16.5. The Balaban J connectivity index is 2.32. The average molecular weight is 200 g/mol. The van der Waals surface area contributed by atoms with Crippen molar-refractivity contribution >= 4 is 6.03 Å². The van der Waals surface area contributed by atoms with Crippen LogP contribution in [0.4, 0.5) is 4.79 Å². The molecule has 0 saturated carbocycles. The predicted octanol–water partition coefficient (Wildman–Crippen LogP) is 1.22. The van der Waals surface area contributed by atoms with Gasteiger partial charge in [-0.2, -0.15) is 0 Å². The van der Waals surface area contributed by atoms with E-state index in [0.29, 0.717) is 6.61 Å². The third kappa shape index (κ3) is 2.87. The second-order valence-corrected chi connectivity index (χ2v) is 3.88. The van der Waals surface area contributed by atoms with Crippen molar-refractivity contribution in [2.24, 2.45) is 0 Å². The molecule has 1 N–H and O–H groups in total. The van der Waals surface area contributed by atoms with Crippen LogP contribution in [-0.2, 0) is 4.74 Å². The van der Waals surface area contributed by atoms with Gasteiger partial charge in [0.05, 0.1) is 12.6 Å². The average Bonchev–Trinajstić information content (AvgIpc) is 2.68. The van der Waals surface area contributed by atoms with Crippen LogP contribution in [0.15, 0.2) is 0 Å². The zero-order valence-corrected chi connectivity index (χ0v) is 9.25.